The van der Waals surface area contributed by atoms with Gasteiger partial charge in [-0.3, -0.25) is 9.59 Å². The molecule has 8 nitrogen and oxygen atoms in total. The van der Waals surface area contributed by atoms with Crippen molar-refractivity contribution >= 4 is 21.8 Å². The van der Waals surface area contributed by atoms with Crippen LogP contribution in [0.3, 0.4) is 0 Å². The van der Waals surface area contributed by atoms with Crippen LogP contribution in [0.2, 0.25) is 0 Å². The summed E-state index contributed by atoms with van der Waals surface area (Å²) in [7, 11) is -1.87. The third kappa shape index (κ3) is 7.07. The van der Waals surface area contributed by atoms with Crippen LogP contribution in [0.15, 0.2) is 53.4 Å². The number of benzene rings is 2. The lowest BCUT2D eigenvalue weighted by Crippen LogP contribution is -2.47. The molecule has 2 aromatic carbocycles. The van der Waals surface area contributed by atoms with Gasteiger partial charge in [0.25, 0.3) is 0 Å². The number of sulfonamides is 1. The summed E-state index contributed by atoms with van der Waals surface area (Å²) in [4.78, 5) is 27.8. The van der Waals surface area contributed by atoms with Crippen LogP contribution in [0.4, 0.5) is 0 Å². The zero-order valence-corrected chi connectivity index (χ0v) is 22.2. The molecule has 0 spiro atoms. The van der Waals surface area contributed by atoms with Crippen LogP contribution in [0.25, 0.3) is 0 Å². The molecule has 0 saturated carbocycles. The summed E-state index contributed by atoms with van der Waals surface area (Å²) in [5.74, 6) is 0.398. The summed E-state index contributed by atoms with van der Waals surface area (Å²) in [6, 6.07) is 13.6. The van der Waals surface area contributed by atoms with Gasteiger partial charge in [0.1, 0.15) is 11.8 Å². The van der Waals surface area contributed by atoms with Gasteiger partial charge in [-0.1, -0.05) is 31.2 Å². The van der Waals surface area contributed by atoms with E-state index in [-0.39, 0.29) is 23.1 Å². The lowest BCUT2D eigenvalue weighted by Gasteiger charge is -2.29. The fourth-order valence-electron chi connectivity index (χ4n) is 4.21. The second kappa shape index (κ2) is 12.9. The molecule has 1 saturated heterocycles. The highest BCUT2D eigenvalue weighted by Crippen LogP contribution is 2.22. The summed E-state index contributed by atoms with van der Waals surface area (Å²) >= 11 is 0. The van der Waals surface area contributed by atoms with Gasteiger partial charge < -0.3 is 15.0 Å². The van der Waals surface area contributed by atoms with Gasteiger partial charge in [0.2, 0.25) is 21.8 Å². The molecule has 1 aliphatic rings. The Bertz CT molecular complexity index is 1110. The van der Waals surface area contributed by atoms with Gasteiger partial charge in [0, 0.05) is 32.6 Å². The first-order chi connectivity index (χ1) is 17.3. The third-order valence-corrected chi connectivity index (χ3v) is 8.40. The smallest absolute Gasteiger partial charge is 0.243 e. The van der Waals surface area contributed by atoms with Crippen LogP contribution in [0, 0.1) is 0 Å². The Labute approximate surface area is 214 Å². The van der Waals surface area contributed by atoms with Crippen LogP contribution in [-0.2, 0) is 32.6 Å². The number of carbonyl (C=O) groups excluding carboxylic acids is 2. The van der Waals surface area contributed by atoms with E-state index in [4.69, 9.17) is 4.74 Å². The topological polar surface area (TPSA) is 96.0 Å². The first-order valence-electron chi connectivity index (χ1n) is 12.6. The summed E-state index contributed by atoms with van der Waals surface area (Å²) < 4.78 is 32.2. The molecular weight excluding hydrogens is 478 g/mol. The van der Waals surface area contributed by atoms with Gasteiger partial charge in [-0.2, -0.15) is 4.31 Å². The Kier molecular flexibility index (Phi) is 9.89. The minimum atomic E-state index is -3.46. The Balaban J connectivity index is 1.68. The van der Waals surface area contributed by atoms with Gasteiger partial charge >= 0.3 is 0 Å². The molecule has 0 unspecified atom stereocenters. The van der Waals surface area contributed by atoms with Crippen molar-refractivity contribution in [1.29, 1.82) is 0 Å². The van der Waals surface area contributed by atoms with Gasteiger partial charge in [0.05, 0.1) is 12.0 Å². The molecule has 196 valence electrons. The van der Waals surface area contributed by atoms with Crippen LogP contribution in [0.1, 0.15) is 50.7 Å². The van der Waals surface area contributed by atoms with E-state index in [2.05, 4.69) is 5.32 Å². The van der Waals surface area contributed by atoms with Crippen molar-refractivity contribution in [3.05, 3.63) is 59.7 Å². The first-order valence-corrected chi connectivity index (χ1v) is 14.0. The van der Waals surface area contributed by atoms with Gasteiger partial charge in [0.15, 0.2) is 0 Å². The second-order valence-electron chi connectivity index (χ2n) is 9.09. The lowest BCUT2D eigenvalue weighted by atomic mass is 10.1. The molecule has 0 aliphatic carbocycles. The molecule has 1 N–H and O–H groups in total. The quantitative estimate of drug-likeness (QED) is 0.468. The molecule has 2 aromatic rings. The van der Waals surface area contributed by atoms with E-state index < -0.39 is 16.1 Å². The van der Waals surface area contributed by atoms with E-state index in [1.807, 2.05) is 31.2 Å². The summed E-state index contributed by atoms with van der Waals surface area (Å²) in [5, 5.41) is 2.87. The van der Waals surface area contributed by atoms with Crippen molar-refractivity contribution < 1.29 is 22.7 Å². The maximum atomic E-state index is 13.3. The molecule has 1 aliphatic heterocycles. The lowest BCUT2D eigenvalue weighted by molar-refractivity contribution is -0.140. The standard InChI is InChI=1S/C27H37N3O5S/c1-4-17-28-27(32)21(2)30(20-23-7-12-24(35-3)13-8-23)26(31)16-11-22-9-14-25(15-10-22)36(33,34)29-18-5-6-19-29/h7-10,12-15,21H,4-6,11,16-20H2,1-3H3,(H,28,32)/t21-/m1/s1. The van der Waals surface area contributed by atoms with E-state index >= 15 is 0 Å². The normalized spacial score (nSPS) is 14.9. The highest BCUT2D eigenvalue weighted by Gasteiger charge is 2.28. The molecule has 0 bridgehead atoms. The summed E-state index contributed by atoms with van der Waals surface area (Å²) in [5.41, 5.74) is 1.77. The maximum Gasteiger partial charge on any atom is 0.243 e. The summed E-state index contributed by atoms with van der Waals surface area (Å²) in [6.45, 7) is 5.70. The predicted octanol–water partition coefficient (Wildman–Crippen LogP) is 3.36. The molecule has 1 atom stereocenters. The zero-order chi connectivity index (χ0) is 26.1. The summed E-state index contributed by atoms with van der Waals surface area (Å²) in [6.07, 6.45) is 3.25. The van der Waals surface area contributed by atoms with E-state index in [1.54, 1.807) is 43.2 Å². The first kappa shape index (κ1) is 27.7. The van der Waals surface area contributed by atoms with E-state index in [0.717, 1.165) is 36.1 Å². The molecular formula is C27H37N3O5S. The number of carbonyl (C=O) groups is 2. The van der Waals surface area contributed by atoms with Crippen LogP contribution in [-0.4, -0.2) is 62.2 Å². The zero-order valence-electron chi connectivity index (χ0n) is 21.4. The second-order valence-corrected chi connectivity index (χ2v) is 11.0. The van der Waals surface area contributed by atoms with Crippen molar-refractivity contribution in [3.8, 4) is 5.75 Å². The number of ether oxygens (including phenoxy) is 1. The number of methoxy groups -OCH3 is 1. The molecule has 1 fully saturated rings. The van der Waals surface area contributed by atoms with Gasteiger partial charge in [-0.25, -0.2) is 8.42 Å². The van der Waals surface area contributed by atoms with E-state index in [0.29, 0.717) is 32.6 Å². The Hall–Kier alpha value is -2.91. The number of aryl methyl sites for hydroxylation is 1. The SMILES string of the molecule is CCCNC(=O)[C@@H](C)N(Cc1ccc(OC)cc1)C(=O)CCc1ccc(S(=O)(=O)N2CCCC2)cc1. The average molecular weight is 516 g/mol. The number of hydrogen-bond acceptors (Lipinski definition) is 5. The molecule has 9 heteroatoms. The van der Waals surface area contributed by atoms with Crippen molar-refractivity contribution in [3.63, 3.8) is 0 Å². The molecule has 1 heterocycles. The van der Waals surface area contributed by atoms with Crippen LogP contribution in [0.5, 0.6) is 5.75 Å². The van der Waals surface area contributed by atoms with Crippen molar-refractivity contribution in [2.45, 2.75) is 63.4 Å². The van der Waals surface area contributed by atoms with Crippen molar-refractivity contribution in [1.82, 2.24) is 14.5 Å². The highest BCUT2D eigenvalue weighted by molar-refractivity contribution is 7.89. The Morgan fingerprint density at radius 1 is 1.03 bits per heavy atom. The van der Waals surface area contributed by atoms with E-state index in [9.17, 15) is 18.0 Å². The number of rotatable bonds is 12. The molecule has 0 aromatic heterocycles. The molecule has 36 heavy (non-hydrogen) atoms. The minimum Gasteiger partial charge on any atom is -0.497 e. The molecule has 3 rings (SSSR count). The number of nitrogens with zero attached hydrogens (tertiary/aromatic N) is 2. The average Bonchev–Trinajstić information content (AvgIpc) is 3.45. The number of hydrogen-bond donors (Lipinski definition) is 1. The van der Waals surface area contributed by atoms with Gasteiger partial charge in [-0.05, 0) is 68.0 Å². The van der Waals surface area contributed by atoms with Crippen LogP contribution < -0.4 is 10.1 Å². The monoisotopic (exact) mass is 515 g/mol. The van der Waals surface area contributed by atoms with Crippen LogP contribution >= 0.6 is 0 Å². The predicted molar refractivity (Wildman–Crippen MR) is 139 cm³/mol. The minimum absolute atomic E-state index is 0.140. The highest BCUT2D eigenvalue weighted by atomic mass is 32.2. The largest absolute Gasteiger partial charge is 0.497 e. The molecule has 2 amide bonds. The fraction of sp³-hybridized carbons (Fsp3) is 0.481. The van der Waals surface area contributed by atoms with Crippen molar-refractivity contribution in [2.24, 2.45) is 0 Å². The maximum absolute atomic E-state index is 13.3. The van der Waals surface area contributed by atoms with Gasteiger partial charge in [-0.15, -0.1) is 0 Å². The molecule has 0 radical (unpaired) electrons. The Morgan fingerprint density at radius 3 is 2.22 bits per heavy atom. The number of nitrogens with one attached hydrogen (secondary N) is 1. The number of amides is 2. The van der Waals surface area contributed by atoms with E-state index in [1.165, 1.54) is 4.31 Å². The third-order valence-electron chi connectivity index (χ3n) is 6.48. The fourth-order valence-corrected chi connectivity index (χ4v) is 5.72. The Morgan fingerprint density at radius 2 is 1.64 bits per heavy atom. The van der Waals surface area contributed by atoms with Crippen molar-refractivity contribution in [2.75, 3.05) is 26.7 Å².